The molecule has 1 aromatic carbocycles. The van der Waals surface area contributed by atoms with E-state index in [1.165, 1.54) is 11.1 Å². The number of benzene rings is 1. The van der Waals surface area contributed by atoms with Gasteiger partial charge in [-0.1, -0.05) is 43.3 Å². The Morgan fingerprint density at radius 1 is 1.07 bits per heavy atom. The normalized spacial score (nSPS) is 23.0. The van der Waals surface area contributed by atoms with Gasteiger partial charge in [0.15, 0.2) is 0 Å². The lowest BCUT2D eigenvalue weighted by Crippen LogP contribution is -2.46. The molecule has 1 atom stereocenters. The highest BCUT2D eigenvalue weighted by Gasteiger charge is 2.46. The van der Waals surface area contributed by atoms with Gasteiger partial charge in [-0.05, 0) is 63.1 Å². The number of nitrogens with zero attached hydrogens (tertiary/aromatic N) is 3. The number of carbonyl (C=O) groups is 1. The van der Waals surface area contributed by atoms with Crippen LogP contribution in [0.3, 0.4) is 0 Å². The van der Waals surface area contributed by atoms with Crippen molar-refractivity contribution in [2.75, 3.05) is 13.1 Å². The number of likely N-dealkylation sites (tertiary alicyclic amines) is 2. The summed E-state index contributed by atoms with van der Waals surface area (Å²) in [6.45, 7) is 12.2. The summed E-state index contributed by atoms with van der Waals surface area (Å²) in [6, 6.07) is 9.08. The molecule has 0 bridgehead atoms. The summed E-state index contributed by atoms with van der Waals surface area (Å²) >= 11 is 0. The van der Waals surface area contributed by atoms with Gasteiger partial charge < -0.3 is 9.42 Å². The predicted octanol–water partition coefficient (Wildman–Crippen LogP) is 4.96. The van der Waals surface area contributed by atoms with Crippen LogP contribution in [0.2, 0.25) is 0 Å². The number of hydrogen-bond donors (Lipinski definition) is 0. The second-order valence-electron chi connectivity index (χ2n) is 9.53. The zero-order valence-electron chi connectivity index (χ0n) is 18.9. The van der Waals surface area contributed by atoms with Gasteiger partial charge >= 0.3 is 0 Å². The average molecular weight is 410 g/mol. The van der Waals surface area contributed by atoms with Crippen molar-refractivity contribution in [3.8, 4) is 0 Å². The molecule has 3 heterocycles. The molecule has 2 aromatic rings. The highest BCUT2D eigenvalue weighted by atomic mass is 16.5. The molecule has 1 aromatic heterocycles. The molecule has 0 saturated carbocycles. The lowest BCUT2D eigenvalue weighted by atomic mass is 9.87. The molecule has 2 fully saturated rings. The molecule has 1 spiro atoms. The van der Waals surface area contributed by atoms with Gasteiger partial charge in [0.1, 0.15) is 5.76 Å². The Hall–Kier alpha value is -2.14. The van der Waals surface area contributed by atoms with E-state index in [0.717, 1.165) is 62.3 Å². The minimum absolute atomic E-state index is 0.0104. The molecular weight excluding hydrogens is 374 g/mol. The van der Waals surface area contributed by atoms with Gasteiger partial charge in [0.25, 0.3) is 0 Å². The molecule has 162 valence electrons. The summed E-state index contributed by atoms with van der Waals surface area (Å²) in [6.07, 6.45) is 4.92. The standard InChI is InChI=1S/C25H35N3O2/c1-18(2)22-8-6-21(7-9-22)16-27-14-5-11-25(13-15-27)12-10-24(29)28(25)17-23-19(3)26-30-20(23)4/h6-9,18H,5,10-17H2,1-4H3/t25-/m0/s1. The van der Waals surface area contributed by atoms with Crippen LogP contribution >= 0.6 is 0 Å². The summed E-state index contributed by atoms with van der Waals surface area (Å²) in [7, 11) is 0. The van der Waals surface area contributed by atoms with Gasteiger partial charge in [-0.15, -0.1) is 0 Å². The molecule has 0 unspecified atom stereocenters. The fraction of sp³-hybridized carbons (Fsp3) is 0.600. The molecule has 0 aliphatic carbocycles. The van der Waals surface area contributed by atoms with Crippen molar-refractivity contribution in [2.45, 2.75) is 84.3 Å². The maximum atomic E-state index is 12.8. The van der Waals surface area contributed by atoms with Crippen molar-refractivity contribution < 1.29 is 9.32 Å². The summed E-state index contributed by atoms with van der Waals surface area (Å²) in [4.78, 5) is 17.5. The van der Waals surface area contributed by atoms with Gasteiger partial charge in [0, 0.05) is 30.6 Å². The third kappa shape index (κ3) is 4.18. The fourth-order valence-corrected chi connectivity index (χ4v) is 5.19. The first kappa shape index (κ1) is 21.1. The van der Waals surface area contributed by atoms with Gasteiger partial charge in [0.05, 0.1) is 12.2 Å². The van der Waals surface area contributed by atoms with E-state index in [-0.39, 0.29) is 11.4 Å². The Morgan fingerprint density at radius 3 is 2.50 bits per heavy atom. The molecular formula is C25H35N3O2. The number of hydrogen-bond acceptors (Lipinski definition) is 4. The third-order valence-electron chi connectivity index (χ3n) is 7.24. The van der Waals surface area contributed by atoms with Crippen molar-refractivity contribution >= 4 is 5.91 Å². The van der Waals surface area contributed by atoms with Crippen LogP contribution < -0.4 is 0 Å². The maximum Gasteiger partial charge on any atom is 0.223 e. The van der Waals surface area contributed by atoms with E-state index in [2.05, 4.69) is 53.1 Å². The van der Waals surface area contributed by atoms with Crippen LogP contribution in [-0.2, 0) is 17.9 Å². The topological polar surface area (TPSA) is 49.6 Å². The van der Waals surface area contributed by atoms with E-state index in [1.54, 1.807) is 0 Å². The van der Waals surface area contributed by atoms with Crippen molar-refractivity contribution in [3.63, 3.8) is 0 Å². The molecule has 4 rings (SSSR count). The summed E-state index contributed by atoms with van der Waals surface area (Å²) in [5.41, 5.74) is 4.75. The van der Waals surface area contributed by atoms with Gasteiger partial charge in [-0.2, -0.15) is 0 Å². The highest BCUT2D eigenvalue weighted by Crippen LogP contribution is 2.40. The molecule has 2 aliphatic rings. The minimum Gasteiger partial charge on any atom is -0.361 e. The van der Waals surface area contributed by atoms with Crippen LogP contribution in [0, 0.1) is 13.8 Å². The van der Waals surface area contributed by atoms with Crippen LogP contribution in [0.4, 0.5) is 0 Å². The molecule has 5 heteroatoms. The number of aromatic nitrogens is 1. The van der Waals surface area contributed by atoms with Gasteiger partial charge in [-0.3, -0.25) is 9.69 Å². The van der Waals surface area contributed by atoms with E-state index in [4.69, 9.17) is 4.52 Å². The molecule has 30 heavy (non-hydrogen) atoms. The summed E-state index contributed by atoms with van der Waals surface area (Å²) in [5.74, 6) is 1.69. The second kappa shape index (κ2) is 8.54. The van der Waals surface area contributed by atoms with E-state index in [0.29, 0.717) is 18.9 Å². The summed E-state index contributed by atoms with van der Waals surface area (Å²) < 4.78 is 5.35. The van der Waals surface area contributed by atoms with Crippen LogP contribution in [0.5, 0.6) is 0 Å². The van der Waals surface area contributed by atoms with E-state index in [1.807, 2.05) is 13.8 Å². The zero-order valence-corrected chi connectivity index (χ0v) is 18.9. The summed E-state index contributed by atoms with van der Waals surface area (Å²) in [5, 5.41) is 4.09. The Bertz CT molecular complexity index is 867. The Labute approximate surface area is 180 Å². The first-order valence-corrected chi connectivity index (χ1v) is 11.4. The molecule has 2 saturated heterocycles. The van der Waals surface area contributed by atoms with Crippen molar-refractivity contribution in [1.82, 2.24) is 15.0 Å². The predicted molar refractivity (Wildman–Crippen MR) is 118 cm³/mol. The number of carbonyl (C=O) groups excluding carboxylic acids is 1. The van der Waals surface area contributed by atoms with Crippen LogP contribution in [-0.4, -0.2) is 39.5 Å². The molecule has 2 aliphatic heterocycles. The Morgan fingerprint density at radius 2 is 1.83 bits per heavy atom. The largest absolute Gasteiger partial charge is 0.361 e. The van der Waals surface area contributed by atoms with Gasteiger partial charge in [-0.25, -0.2) is 0 Å². The fourth-order valence-electron chi connectivity index (χ4n) is 5.19. The van der Waals surface area contributed by atoms with Crippen LogP contribution in [0.1, 0.15) is 80.0 Å². The first-order valence-electron chi connectivity index (χ1n) is 11.4. The van der Waals surface area contributed by atoms with Crippen LogP contribution in [0.15, 0.2) is 28.8 Å². The maximum absolute atomic E-state index is 12.8. The molecule has 5 nitrogen and oxygen atoms in total. The first-order chi connectivity index (χ1) is 14.4. The molecule has 0 N–H and O–H groups in total. The average Bonchev–Trinajstić information content (AvgIpc) is 3.11. The van der Waals surface area contributed by atoms with Crippen molar-refractivity contribution in [1.29, 1.82) is 0 Å². The minimum atomic E-state index is -0.0104. The van der Waals surface area contributed by atoms with E-state index in [9.17, 15) is 4.79 Å². The van der Waals surface area contributed by atoms with E-state index >= 15 is 0 Å². The van der Waals surface area contributed by atoms with Crippen LogP contribution in [0.25, 0.3) is 0 Å². The molecule has 1 amide bonds. The molecule has 0 radical (unpaired) electrons. The van der Waals surface area contributed by atoms with Crippen molar-refractivity contribution in [3.05, 3.63) is 52.4 Å². The highest BCUT2D eigenvalue weighted by molar-refractivity contribution is 5.79. The van der Waals surface area contributed by atoms with Crippen molar-refractivity contribution in [2.24, 2.45) is 0 Å². The SMILES string of the molecule is Cc1noc(C)c1CN1C(=O)CC[C@]12CCCN(Cc1ccc(C(C)C)cc1)CC2. The zero-order chi connectivity index (χ0) is 21.3. The number of aryl methyl sites for hydroxylation is 2. The third-order valence-corrected chi connectivity index (χ3v) is 7.24. The Kier molecular flexibility index (Phi) is 6.01. The lowest BCUT2D eigenvalue weighted by Gasteiger charge is -2.38. The number of amides is 1. The monoisotopic (exact) mass is 409 g/mol. The quantitative estimate of drug-likeness (QED) is 0.700. The number of rotatable bonds is 5. The van der Waals surface area contributed by atoms with E-state index < -0.39 is 0 Å². The smallest absolute Gasteiger partial charge is 0.223 e. The van der Waals surface area contributed by atoms with Gasteiger partial charge in [0.2, 0.25) is 5.91 Å². The lowest BCUT2D eigenvalue weighted by molar-refractivity contribution is -0.132. The second-order valence-corrected chi connectivity index (χ2v) is 9.53. The Balaban J connectivity index is 1.44.